The Morgan fingerprint density at radius 2 is 2.05 bits per heavy atom. The molecule has 1 N–H and O–H groups in total. The highest BCUT2D eigenvalue weighted by Crippen LogP contribution is 2.08. The van der Waals surface area contributed by atoms with E-state index < -0.39 is 0 Å². The highest BCUT2D eigenvalue weighted by atomic mass is 16.1. The second kappa shape index (κ2) is 6.68. The predicted molar refractivity (Wildman–Crippen MR) is 84.8 cm³/mol. The number of nitrogens with one attached hydrogen (secondary N) is 1. The summed E-state index contributed by atoms with van der Waals surface area (Å²) in [6.45, 7) is 10.6. The summed E-state index contributed by atoms with van der Waals surface area (Å²) in [5, 5.41) is 7.36. The molecular weight excluding hydrogens is 278 g/mol. The lowest BCUT2D eigenvalue weighted by Gasteiger charge is -2.15. The van der Waals surface area contributed by atoms with Crippen LogP contribution in [0.5, 0.6) is 0 Å². The van der Waals surface area contributed by atoms with Crippen LogP contribution >= 0.6 is 0 Å². The lowest BCUT2D eigenvalue weighted by Crippen LogP contribution is -2.36. The smallest absolute Gasteiger partial charge is 0.270 e. The minimum atomic E-state index is -0.182. The molecule has 6 heteroatoms. The molecule has 118 valence electrons. The molecule has 0 fully saturated rings. The van der Waals surface area contributed by atoms with Crippen molar-refractivity contribution in [1.29, 1.82) is 0 Å². The van der Waals surface area contributed by atoms with Crippen LogP contribution in [0.1, 0.15) is 54.4 Å². The summed E-state index contributed by atoms with van der Waals surface area (Å²) >= 11 is 0. The van der Waals surface area contributed by atoms with E-state index in [1.165, 1.54) is 0 Å². The van der Waals surface area contributed by atoms with E-state index in [2.05, 4.69) is 20.4 Å². The van der Waals surface area contributed by atoms with Gasteiger partial charge in [0.1, 0.15) is 11.5 Å². The van der Waals surface area contributed by atoms with E-state index in [0.29, 0.717) is 18.1 Å². The van der Waals surface area contributed by atoms with Gasteiger partial charge in [-0.15, -0.1) is 0 Å². The van der Waals surface area contributed by atoms with Crippen molar-refractivity contribution < 1.29 is 4.79 Å². The summed E-state index contributed by atoms with van der Waals surface area (Å²) in [4.78, 5) is 20.8. The van der Waals surface area contributed by atoms with Gasteiger partial charge in [0.25, 0.3) is 5.91 Å². The third-order valence-electron chi connectivity index (χ3n) is 3.35. The Labute approximate surface area is 131 Å². The largest absolute Gasteiger partial charge is 0.346 e. The first-order chi connectivity index (χ1) is 10.4. The molecule has 2 aromatic heterocycles. The van der Waals surface area contributed by atoms with Gasteiger partial charge in [0.15, 0.2) is 0 Å². The summed E-state index contributed by atoms with van der Waals surface area (Å²) in [7, 11) is 0. The van der Waals surface area contributed by atoms with Gasteiger partial charge in [-0.2, -0.15) is 5.10 Å². The van der Waals surface area contributed by atoms with Crippen molar-refractivity contribution in [1.82, 2.24) is 25.1 Å². The third kappa shape index (κ3) is 3.90. The Balaban J connectivity index is 2.02. The van der Waals surface area contributed by atoms with Crippen LogP contribution in [0.2, 0.25) is 0 Å². The minimum absolute atomic E-state index is 0.0389. The highest BCUT2D eigenvalue weighted by molar-refractivity contribution is 5.92. The number of carbonyl (C=O) groups is 1. The standard InChI is InChI=1S/C16H23N5O/c1-10(2)15-17-7-6-14(19-15)16(22)18-12(4)9-21-13(5)8-11(3)20-21/h6-8,10,12H,9H2,1-5H3,(H,18,22)/t12-/m1/s1. The molecule has 0 spiro atoms. The number of rotatable bonds is 5. The average Bonchev–Trinajstić information content (AvgIpc) is 2.76. The summed E-state index contributed by atoms with van der Waals surface area (Å²) in [5.74, 6) is 0.692. The highest BCUT2D eigenvalue weighted by Gasteiger charge is 2.14. The van der Waals surface area contributed by atoms with Gasteiger partial charge in [0, 0.05) is 23.9 Å². The molecule has 0 bridgehead atoms. The molecule has 2 rings (SSSR count). The third-order valence-corrected chi connectivity index (χ3v) is 3.35. The van der Waals surface area contributed by atoms with Crippen LogP contribution in [-0.4, -0.2) is 31.7 Å². The zero-order chi connectivity index (χ0) is 16.3. The second-order valence-electron chi connectivity index (χ2n) is 5.94. The topological polar surface area (TPSA) is 72.7 Å². The van der Waals surface area contributed by atoms with Gasteiger partial charge < -0.3 is 5.32 Å². The second-order valence-corrected chi connectivity index (χ2v) is 5.94. The fourth-order valence-electron chi connectivity index (χ4n) is 2.24. The lowest BCUT2D eigenvalue weighted by atomic mass is 10.2. The van der Waals surface area contributed by atoms with Crippen LogP contribution in [0.4, 0.5) is 0 Å². The van der Waals surface area contributed by atoms with Crippen molar-refractivity contribution in [3.8, 4) is 0 Å². The van der Waals surface area contributed by atoms with Crippen molar-refractivity contribution in [2.75, 3.05) is 0 Å². The quantitative estimate of drug-likeness (QED) is 0.919. The molecule has 0 saturated heterocycles. The Kier molecular flexibility index (Phi) is 4.90. The monoisotopic (exact) mass is 301 g/mol. The van der Waals surface area contributed by atoms with Crippen molar-refractivity contribution >= 4 is 5.91 Å². The lowest BCUT2D eigenvalue weighted by molar-refractivity contribution is 0.0930. The summed E-state index contributed by atoms with van der Waals surface area (Å²) in [6, 6.07) is 3.62. The molecule has 22 heavy (non-hydrogen) atoms. The SMILES string of the molecule is Cc1cc(C)n(C[C@@H](C)NC(=O)c2ccnc(C(C)C)n2)n1. The number of nitrogens with zero attached hydrogens (tertiary/aromatic N) is 4. The number of hydrogen-bond donors (Lipinski definition) is 1. The van der Waals surface area contributed by atoms with Crippen LogP contribution in [0, 0.1) is 13.8 Å². The Hall–Kier alpha value is -2.24. The molecule has 2 aromatic rings. The van der Waals surface area contributed by atoms with Crippen LogP contribution in [0.25, 0.3) is 0 Å². The maximum atomic E-state index is 12.3. The van der Waals surface area contributed by atoms with E-state index in [1.807, 2.05) is 45.4 Å². The molecule has 0 aliphatic carbocycles. The number of amides is 1. The molecule has 0 aliphatic heterocycles. The van der Waals surface area contributed by atoms with Crippen LogP contribution in [0.3, 0.4) is 0 Å². The van der Waals surface area contributed by atoms with E-state index in [-0.39, 0.29) is 17.9 Å². The normalized spacial score (nSPS) is 12.5. The molecule has 1 amide bonds. The Morgan fingerprint density at radius 3 is 2.64 bits per heavy atom. The minimum Gasteiger partial charge on any atom is -0.346 e. The molecule has 0 unspecified atom stereocenters. The van der Waals surface area contributed by atoms with E-state index in [1.54, 1.807) is 12.3 Å². The molecular formula is C16H23N5O. The predicted octanol–water partition coefficient (Wildman–Crippen LogP) is 2.23. The van der Waals surface area contributed by atoms with Crippen LogP contribution in [0.15, 0.2) is 18.3 Å². The summed E-state index contributed by atoms with van der Waals surface area (Å²) < 4.78 is 1.90. The zero-order valence-electron chi connectivity index (χ0n) is 13.8. The van der Waals surface area contributed by atoms with E-state index in [0.717, 1.165) is 11.4 Å². The fraction of sp³-hybridized carbons (Fsp3) is 0.500. The first-order valence-corrected chi connectivity index (χ1v) is 7.51. The molecule has 2 heterocycles. The first kappa shape index (κ1) is 16.1. The molecule has 1 atom stereocenters. The van der Waals surface area contributed by atoms with Gasteiger partial charge in [-0.25, -0.2) is 9.97 Å². The summed E-state index contributed by atoms with van der Waals surface area (Å²) in [5.41, 5.74) is 2.47. The van der Waals surface area contributed by atoms with Gasteiger partial charge in [-0.05, 0) is 32.9 Å². The number of hydrogen-bond acceptors (Lipinski definition) is 4. The number of carbonyl (C=O) groups excluding carboxylic acids is 1. The van der Waals surface area contributed by atoms with E-state index in [9.17, 15) is 4.79 Å². The molecule has 6 nitrogen and oxygen atoms in total. The molecule has 0 aromatic carbocycles. The van der Waals surface area contributed by atoms with Gasteiger partial charge in [-0.3, -0.25) is 9.48 Å². The van der Waals surface area contributed by atoms with E-state index in [4.69, 9.17) is 0 Å². The van der Waals surface area contributed by atoms with Crippen molar-refractivity contribution in [2.45, 2.75) is 53.1 Å². The number of aryl methyl sites for hydroxylation is 2. The van der Waals surface area contributed by atoms with Crippen molar-refractivity contribution in [3.63, 3.8) is 0 Å². The molecule has 0 saturated carbocycles. The van der Waals surface area contributed by atoms with Crippen LogP contribution in [-0.2, 0) is 6.54 Å². The number of aromatic nitrogens is 4. The average molecular weight is 301 g/mol. The van der Waals surface area contributed by atoms with Crippen molar-refractivity contribution in [3.05, 3.63) is 41.2 Å². The first-order valence-electron chi connectivity index (χ1n) is 7.51. The maximum Gasteiger partial charge on any atom is 0.270 e. The van der Waals surface area contributed by atoms with E-state index >= 15 is 0 Å². The van der Waals surface area contributed by atoms with Gasteiger partial charge in [0.2, 0.25) is 0 Å². The molecule has 0 aliphatic rings. The van der Waals surface area contributed by atoms with Gasteiger partial charge in [-0.1, -0.05) is 13.8 Å². The van der Waals surface area contributed by atoms with Crippen molar-refractivity contribution in [2.24, 2.45) is 0 Å². The zero-order valence-corrected chi connectivity index (χ0v) is 13.8. The maximum absolute atomic E-state index is 12.3. The Morgan fingerprint density at radius 1 is 1.32 bits per heavy atom. The molecule has 0 radical (unpaired) electrons. The van der Waals surface area contributed by atoms with Crippen LogP contribution < -0.4 is 5.32 Å². The fourth-order valence-corrected chi connectivity index (χ4v) is 2.24. The summed E-state index contributed by atoms with van der Waals surface area (Å²) in [6.07, 6.45) is 1.63. The van der Waals surface area contributed by atoms with Gasteiger partial charge >= 0.3 is 0 Å². The Bertz CT molecular complexity index is 662. The van der Waals surface area contributed by atoms with Gasteiger partial charge in [0.05, 0.1) is 12.2 Å².